The Balaban J connectivity index is 1.75. The average Bonchev–Trinajstić information content (AvgIpc) is 3.17. The third kappa shape index (κ3) is 3.04. The summed E-state index contributed by atoms with van der Waals surface area (Å²) < 4.78 is 2.77. The molecule has 0 radical (unpaired) electrons. The lowest BCUT2D eigenvalue weighted by molar-refractivity contribution is -0.114. The highest BCUT2D eigenvalue weighted by molar-refractivity contribution is 9.10. The van der Waals surface area contributed by atoms with E-state index in [0.29, 0.717) is 22.5 Å². The zero-order valence-corrected chi connectivity index (χ0v) is 15.0. The molecule has 1 aromatic carbocycles. The summed E-state index contributed by atoms with van der Waals surface area (Å²) in [6.07, 6.45) is 7.03. The van der Waals surface area contributed by atoms with Gasteiger partial charge in [-0.1, -0.05) is 0 Å². The van der Waals surface area contributed by atoms with Gasteiger partial charge < -0.3 is 9.88 Å². The van der Waals surface area contributed by atoms with Crippen LogP contribution in [0.5, 0.6) is 0 Å². The average molecular weight is 409 g/mol. The van der Waals surface area contributed by atoms with Crippen LogP contribution < -0.4 is 10.6 Å². The zero-order valence-electron chi connectivity index (χ0n) is 13.4. The molecular weight excluding hydrogens is 396 g/mol. The van der Waals surface area contributed by atoms with Gasteiger partial charge in [0.15, 0.2) is 0 Å². The SMILES string of the molecule is O=C1NC(=O)c2ccc(-n3cccc3)cc2/C1=C/Nc1ccc(Br)cn1. The Labute approximate surface area is 157 Å². The summed E-state index contributed by atoms with van der Waals surface area (Å²) >= 11 is 3.33. The molecule has 0 fully saturated rings. The molecule has 7 heteroatoms. The van der Waals surface area contributed by atoms with Crippen molar-refractivity contribution >= 4 is 39.1 Å². The molecule has 0 spiro atoms. The number of carbonyl (C=O) groups excluding carboxylic acids is 2. The quantitative estimate of drug-likeness (QED) is 0.514. The van der Waals surface area contributed by atoms with E-state index in [9.17, 15) is 9.59 Å². The van der Waals surface area contributed by atoms with Gasteiger partial charge in [-0.05, 0) is 58.4 Å². The number of fused-ring (bicyclic) bond motifs is 1. The molecule has 0 atom stereocenters. The van der Waals surface area contributed by atoms with Gasteiger partial charge in [-0.25, -0.2) is 4.98 Å². The summed E-state index contributed by atoms with van der Waals surface area (Å²) in [6.45, 7) is 0. The largest absolute Gasteiger partial charge is 0.346 e. The van der Waals surface area contributed by atoms with Crippen LogP contribution in [0.3, 0.4) is 0 Å². The minimum Gasteiger partial charge on any atom is -0.346 e. The standard InChI is InChI=1S/C19H13BrN4O2/c20-12-3-6-17(21-10-12)22-11-16-15-9-13(24-7-1-2-8-24)4-5-14(15)18(25)23-19(16)26/h1-11H,(H,21,22)(H,23,25,26)/b16-11-. The maximum absolute atomic E-state index is 12.4. The fourth-order valence-electron chi connectivity index (χ4n) is 2.73. The normalized spacial score (nSPS) is 14.9. The first-order chi connectivity index (χ1) is 12.6. The molecule has 1 aliphatic heterocycles. The molecule has 0 aliphatic carbocycles. The first-order valence-electron chi connectivity index (χ1n) is 7.83. The second-order valence-corrected chi connectivity index (χ2v) is 6.58. The van der Waals surface area contributed by atoms with Crippen LogP contribution in [0.25, 0.3) is 11.3 Å². The number of carbonyl (C=O) groups is 2. The third-order valence-electron chi connectivity index (χ3n) is 4.00. The number of hydrogen-bond acceptors (Lipinski definition) is 4. The van der Waals surface area contributed by atoms with Crippen molar-refractivity contribution in [3.8, 4) is 5.69 Å². The first kappa shape index (κ1) is 16.3. The van der Waals surface area contributed by atoms with E-state index in [-0.39, 0.29) is 0 Å². The van der Waals surface area contributed by atoms with Gasteiger partial charge in [-0.3, -0.25) is 14.9 Å². The van der Waals surface area contributed by atoms with Crippen molar-refractivity contribution in [2.24, 2.45) is 0 Å². The molecule has 4 rings (SSSR count). The Morgan fingerprint density at radius 2 is 1.85 bits per heavy atom. The van der Waals surface area contributed by atoms with Gasteiger partial charge in [-0.2, -0.15) is 0 Å². The number of benzene rings is 1. The number of imide groups is 1. The number of hydrogen-bond donors (Lipinski definition) is 2. The Morgan fingerprint density at radius 1 is 1.04 bits per heavy atom. The summed E-state index contributed by atoms with van der Waals surface area (Å²) in [5.74, 6) is -0.256. The van der Waals surface area contributed by atoms with Crippen LogP contribution in [0.15, 0.2) is 71.7 Å². The topological polar surface area (TPSA) is 76.0 Å². The summed E-state index contributed by atoms with van der Waals surface area (Å²) in [5, 5.41) is 5.37. The molecule has 2 aromatic heterocycles. The van der Waals surface area contributed by atoms with E-state index < -0.39 is 11.8 Å². The number of anilines is 1. The molecule has 0 saturated heterocycles. The highest BCUT2D eigenvalue weighted by Gasteiger charge is 2.27. The van der Waals surface area contributed by atoms with Crippen molar-refractivity contribution in [2.45, 2.75) is 0 Å². The predicted octanol–water partition coefficient (Wildman–Crippen LogP) is 3.36. The highest BCUT2D eigenvalue weighted by Crippen LogP contribution is 2.27. The molecule has 26 heavy (non-hydrogen) atoms. The summed E-state index contributed by atoms with van der Waals surface area (Å²) in [4.78, 5) is 28.7. The zero-order chi connectivity index (χ0) is 18.1. The second kappa shape index (κ2) is 6.61. The molecule has 0 saturated carbocycles. The highest BCUT2D eigenvalue weighted by atomic mass is 79.9. The monoisotopic (exact) mass is 408 g/mol. The van der Waals surface area contributed by atoms with E-state index in [1.807, 2.05) is 47.3 Å². The first-order valence-corrected chi connectivity index (χ1v) is 8.63. The van der Waals surface area contributed by atoms with E-state index in [0.717, 1.165) is 10.2 Å². The summed E-state index contributed by atoms with van der Waals surface area (Å²) in [6, 6.07) is 12.8. The number of halogens is 1. The Hall–Kier alpha value is -3.19. The van der Waals surface area contributed by atoms with Gasteiger partial charge in [0, 0.05) is 46.1 Å². The van der Waals surface area contributed by atoms with Gasteiger partial charge >= 0.3 is 0 Å². The number of nitrogens with one attached hydrogen (secondary N) is 2. The van der Waals surface area contributed by atoms with Crippen LogP contribution in [0.4, 0.5) is 5.82 Å². The van der Waals surface area contributed by atoms with Gasteiger partial charge in [0.05, 0.1) is 5.57 Å². The van der Waals surface area contributed by atoms with Crippen LogP contribution in [0, 0.1) is 0 Å². The van der Waals surface area contributed by atoms with Crippen LogP contribution in [0.2, 0.25) is 0 Å². The third-order valence-corrected chi connectivity index (χ3v) is 4.47. The summed E-state index contributed by atoms with van der Waals surface area (Å²) in [7, 11) is 0. The minimum atomic E-state index is -0.447. The van der Waals surface area contributed by atoms with Crippen LogP contribution >= 0.6 is 15.9 Å². The van der Waals surface area contributed by atoms with Gasteiger partial charge in [0.1, 0.15) is 5.82 Å². The Kier molecular flexibility index (Phi) is 4.14. The molecule has 3 aromatic rings. The predicted molar refractivity (Wildman–Crippen MR) is 102 cm³/mol. The lowest BCUT2D eigenvalue weighted by Crippen LogP contribution is -2.36. The van der Waals surface area contributed by atoms with Crippen molar-refractivity contribution in [1.82, 2.24) is 14.9 Å². The summed E-state index contributed by atoms with van der Waals surface area (Å²) in [5.41, 5.74) is 2.27. The van der Waals surface area contributed by atoms with E-state index in [1.165, 1.54) is 0 Å². The van der Waals surface area contributed by atoms with E-state index >= 15 is 0 Å². The molecule has 2 N–H and O–H groups in total. The number of rotatable bonds is 3. The van der Waals surface area contributed by atoms with Gasteiger partial charge in [0.2, 0.25) is 0 Å². The lowest BCUT2D eigenvalue weighted by Gasteiger charge is -2.19. The van der Waals surface area contributed by atoms with Crippen molar-refractivity contribution < 1.29 is 9.59 Å². The van der Waals surface area contributed by atoms with E-state index in [4.69, 9.17) is 0 Å². The smallest absolute Gasteiger partial charge is 0.260 e. The fraction of sp³-hybridized carbons (Fsp3) is 0. The van der Waals surface area contributed by atoms with E-state index in [2.05, 4.69) is 31.5 Å². The number of pyridine rings is 1. The molecular formula is C19H13BrN4O2. The molecule has 2 amide bonds. The Morgan fingerprint density at radius 3 is 2.58 bits per heavy atom. The lowest BCUT2D eigenvalue weighted by atomic mass is 9.95. The molecule has 6 nitrogen and oxygen atoms in total. The molecule has 128 valence electrons. The molecule has 1 aliphatic rings. The van der Waals surface area contributed by atoms with Gasteiger partial charge in [-0.15, -0.1) is 0 Å². The van der Waals surface area contributed by atoms with Crippen LogP contribution in [0.1, 0.15) is 15.9 Å². The minimum absolute atomic E-state index is 0.373. The number of amides is 2. The van der Waals surface area contributed by atoms with Crippen LogP contribution in [-0.4, -0.2) is 21.4 Å². The second-order valence-electron chi connectivity index (χ2n) is 5.67. The molecule has 3 heterocycles. The van der Waals surface area contributed by atoms with Crippen LogP contribution in [-0.2, 0) is 4.79 Å². The fourth-order valence-corrected chi connectivity index (χ4v) is 2.97. The van der Waals surface area contributed by atoms with Crippen molar-refractivity contribution in [2.75, 3.05) is 5.32 Å². The molecule has 0 unspecified atom stereocenters. The van der Waals surface area contributed by atoms with Gasteiger partial charge in [0.25, 0.3) is 11.8 Å². The van der Waals surface area contributed by atoms with Crippen molar-refractivity contribution in [3.05, 3.63) is 82.9 Å². The Bertz CT molecular complexity index is 1020. The van der Waals surface area contributed by atoms with E-state index in [1.54, 1.807) is 24.5 Å². The van der Waals surface area contributed by atoms with Crippen molar-refractivity contribution in [3.63, 3.8) is 0 Å². The maximum atomic E-state index is 12.4. The number of aromatic nitrogens is 2. The molecule has 0 bridgehead atoms. The maximum Gasteiger partial charge on any atom is 0.260 e. The number of nitrogens with zero attached hydrogens (tertiary/aromatic N) is 2. The van der Waals surface area contributed by atoms with Crippen molar-refractivity contribution in [1.29, 1.82) is 0 Å².